The van der Waals surface area contributed by atoms with Crippen LogP contribution in [0.25, 0.3) is 6.08 Å². The summed E-state index contributed by atoms with van der Waals surface area (Å²) in [5, 5.41) is 22.0. The highest BCUT2D eigenvalue weighted by atomic mass is 16.5. The Kier molecular flexibility index (Phi) is 6.02. The third-order valence-electron chi connectivity index (χ3n) is 3.44. The molecule has 1 aromatic carbocycles. The van der Waals surface area contributed by atoms with Crippen molar-refractivity contribution >= 4 is 12.0 Å². The Morgan fingerprint density at radius 2 is 2.32 bits per heavy atom. The number of ether oxygens (including phenoxy) is 1. The number of amides is 1. The number of phenols is 1. The number of furan rings is 1. The molecule has 0 aliphatic rings. The van der Waals surface area contributed by atoms with E-state index >= 15 is 0 Å². The lowest BCUT2D eigenvalue weighted by Crippen LogP contribution is -2.23. The van der Waals surface area contributed by atoms with Gasteiger partial charge in [0.05, 0.1) is 19.9 Å². The molecule has 6 heteroatoms. The minimum Gasteiger partial charge on any atom is -0.504 e. The summed E-state index contributed by atoms with van der Waals surface area (Å²) in [5.74, 6) is 0.348. The van der Waals surface area contributed by atoms with Crippen molar-refractivity contribution < 1.29 is 19.1 Å². The normalized spacial score (nSPS) is 10.8. The first kappa shape index (κ1) is 17.9. The number of nitrogens with zero attached hydrogens (tertiary/aromatic N) is 1. The van der Waals surface area contributed by atoms with Crippen LogP contribution in [0.4, 0.5) is 0 Å². The summed E-state index contributed by atoms with van der Waals surface area (Å²) in [7, 11) is 1.43. The van der Waals surface area contributed by atoms with Crippen LogP contribution in [0.3, 0.4) is 0 Å². The van der Waals surface area contributed by atoms with Gasteiger partial charge in [0.1, 0.15) is 17.4 Å². The highest BCUT2D eigenvalue weighted by Crippen LogP contribution is 2.32. The summed E-state index contributed by atoms with van der Waals surface area (Å²) in [6, 6.07) is 8.55. The smallest absolute Gasteiger partial charge is 0.262 e. The van der Waals surface area contributed by atoms with Crippen molar-refractivity contribution in [3.63, 3.8) is 0 Å². The third kappa shape index (κ3) is 4.52. The summed E-state index contributed by atoms with van der Waals surface area (Å²) >= 11 is 0. The fraction of sp³-hybridized carbons (Fsp3) is 0.158. The largest absolute Gasteiger partial charge is 0.504 e. The number of nitrogens with one attached hydrogen (secondary N) is 1. The fourth-order valence-corrected chi connectivity index (χ4v) is 2.23. The molecule has 0 atom stereocenters. The fourth-order valence-electron chi connectivity index (χ4n) is 2.23. The molecule has 128 valence electrons. The lowest BCUT2D eigenvalue weighted by Gasteiger charge is -2.10. The SMILES string of the molecule is C=CCc1cc(/C=C(\C#N)C(=O)NCc2ccco2)cc(OC)c1O. The van der Waals surface area contributed by atoms with Gasteiger partial charge in [-0.25, -0.2) is 0 Å². The van der Waals surface area contributed by atoms with Gasteiger partial charge in [-0.1, -0.05) is 6.08 Å². The highest BCUT2D eigenvalue weighted by molar-refractivity contribution is 6.01. The number of carbonyl (C=O) groups is 1. The molecular formula is C19H18N2O4. The van der Waals surface area contributed by atoms with Gasteiger partial charge in [-0.2, -0.15) is 5.26 Å². The van der Waals surface area contributed by atoms with Crippen molar-refractivity contribution in [3.8, 4) is 17.6 Å². The minimum atomic E-state index is -0.517. The molecule has 2 N–H and O–H groups in total. The Bertz CT molecular complexity index is 830. The molecule has 0 bridgehead atoms. The lowest BCUT2D eigenvalue weighted by atomic mass is 10.0. The molecular weight excluding hydrogens is 320 g/mol. The van der Waals surface area contributed by atoms with Crippen molar-refractivity contribution in [1.82, 2.24) is 5.32 Å². The van der Waals surface area contributed by atoms with E-state index in [4.69, 9.17) is 9.15 Å². The summed E-state index contributed by atoms with van der Waals surface area (Å²) in [6.45, 7) is 3.83. The van der Waals surface area contributed by atoms with Gasteiger partial charge in [0.25, 0.3) is 5.91 Å². The minimum absolute atomic E-state index is 0.0142. The van der Waals surface area contributed by atoms with Crippen LogP contribution in [0, 0.1) is 11.3 Å². The van der Waals surface area contributed by atoms with Crippen molar-refractivity contribution in [1.29, 1.82) is 5.26 Å². The number of benzene rings is 1. The van der Waals surface area contributed by atoms with Crippen LogP contribution in [-0.4, -0.2) is 18.1 Å². The maximum absolute atomic E-state index is 12.2. The molecule has 0 radical (unpaired) electrons. The summed E-state index contributed by atoms with van der Waals surface area (Å²) in [6.07, 6.45) is 5.01. The summed E-state index contributed by atoms with van der Waals surface area (Å²) in [4.78, 5) is 12.2. The summed E-state index contributed by atoms with van der Waals surface area (Å²) < 4.78 is 10.3. The second-order valence-corrected chi connectivity index (χ2v) is 5.16. The molecule has 1 heterocycles. The molecule has 2 aromatic rings. The van der Waals surface area contributed by atoms with E-state index in [0.717, 1.165) is 0 Å². The molecule has 1 aromatic heterocycles. The lowest BCUT2D eigenvalue weighted by molar-refractivity contribution is -0.117. The second kappa shape index (κ2) is 8.41. The van der Waals surface area contributed by atoms with Crippen molar-refractivity contribution in [3.05, 3.63) is 65.6 Å². The number of nitriles is 1. The zero-order valence-electron chi connectivity index (χ0n) is 13.8. The number of carbonyl (C=O) groups excluding carboxylic acids is 1. The van der Waals surface area contributed by atoms with Crippen molar-refractivity contribution in [2.24, 2.45) is 0 Å². The molecule has 0 saturated heterocycles. The van der Waals surface area contributed by atoms with Gasteiger partial charge in [0, 0.05) is 5.56 Å². The zero-order valence-corrected chi connectivity index (χ0v) is 13.8. The molecule has 0 fully saturated rings. The number of methoxy groups -OCH3 is 1. The van der Waals surface area contributed by atoms with Crippen LogP contribution in [0.2, 0.25) is 0 Å². The van der Waals surface area contributed by atoms with E-state index in [9.17, 15) is 15.2 Å². The molecule has 0 aliphatic carbocycles. The van der Waals surface area contributed by atoms with Gasteiger partial charge in [0.2, 0.25) is 0 Å². The molecule has 0 saturated carbocycles. The monoisotopic (exact) mass is 338 g/mol. The van der Waals surface area contributed by atoms with E-state index < -0.39 is 5.91 Å². The number of rotatable bonds is 7. The first-order chi connectivity index (χ1) is 12.1. The molecule has 0 aliphatic heterocycles. The van der Waals surface area contributed by atoms with Crippen LogP contribution in [0.15, 0.2) is 53.2 Å². The van der Waals surface area contributed by atoms with E-state index in [1.165, 1.54) is 19.4 Å². The maximum Gasteiger partial charge on any atom is 0.262 e. The average Bonchev–Trinajstić information content (AvgIpc) is 3.13. The van der Waals surface area contributed by atoms with Gasteiger partial charge in [-0.15, -0.1) is 6.58 Å². The molecule has 0 spiro atoms. The van der Waals surface area contributed by atoms with Gasteiger partial charge in [-0.3, -0.25) is 4.79 Å². The van der Waals surface area contributed by atoms with Crippen LogP contribution in [0.1, 0.15) is 16.9 Å². The Balaban J connectivity index is 2.25. The molecule has 0 unspecified atom stereocenters. The molecule has 2 rings (SSSR count). The topological polar surface area (TPSA) is 95.5 Å². The molecule has 25 heavy (non-hydrogen) atoms. The highest BCUT2D eigenvalue weighted by Gasteiger charge is 2.13. The predicted molar refractivity (Wildman–Crippen MR) is 92.7 cm³/mol. The Labute approximate surface area is 145 Å². The van der Waals surface area contributed by atoms with Crippen LogP contribution >= 0.6 is 0 Å². The van der Waals surface area contributed by atoms with Gasteiger partial charge >= 0.3 is 0 Å². The number of allylic oxidation sites excluding steroid dienone is 1. The number of phenolic OH excluding ortho intramolecular Hbond substituents is 1. The van der Waals surface area contributed by atoms with Crippen LogP contribution in [0.5, 0.6) is 11.5 Å². The Hall–Kier alpha value is -3.46. The second-order valence-electron chi connectivity index (χ2n) is 5.16. The molecule has 1 amide bonds. The standard InChI is InChI=1S/C19H18N2O4/c1-3-5-14-8-13(10-17(24-2)18(14)22)9-15(11-20)19(23)21-12-16-6-4-7-25-16/h3-4,6-10,22H,1,5,12H2,2H3,(H,21,23)/b15-9+. The Morgan fingerprint density at radius 1 is 1.52 bits per heavy atom. The number of aromatic hydroxyl groups is 1. The summed E-state index contributed by atoms with van der Waals surface area (Å²) in [5.41, 5.74) is 1.09. The number of hydrogen-bond donors (Lipinski definition) is 2. The van der Waals surface area contributed by atoms with Gasteiger partial charge in [0.15, 0.2) is 11.5 Å². The van der Waals surface area contributed by atoms with Crippen LogP contribution < -0.4 is 10.1 Å². The maximum atomic E-state index is 12.2. The van der Waals surface area contributed by atoms with Gasteiger partial charge < -0.3 is 19.6 Å². The van der Waals surface area contributed by atoms with E-state index in [0.29, 0.717) is 23.3 Å². The average molecular weight is 338 g/mol. The van der Waals surface area contributed by atoms with E-state index in [1.807, 2.05) is 6.07 Å². The number of hydrogen-bond acceptors (Lipinski definition) is 5. The first-order valence-corrected chi connectivity index (χ1v) is 7.52. The van der Waals surface area contributed by atoms with Crippen molar-refractivity contribution in [2.45, 2.75) is 13.0 Å². The first-order valence-electron chi connectivity index (χ1n) is 7.52. The van der Waals surface area contributed by atoms with E-state index in [1.54, 1.807) is 30.3 Å². The van der Waals surface area contributed by atoms with E-state index in [-0.39, 0.29) is 23.6 Å². The molecule has 6 nitrogen and oxygen atoms in total. The predicted octanol–water partition coefficient (Wildman–Crippen LogP) is 2.95. The third-order valence-corrected chi connectivity index (χ3v) is 3.44. The zero-order chi connectivity index (χ0) is 18.2. The van der Waals surface area contributed by atoms with Gasteiger partial charge in [-0.05, 0) is 42.3 Å². The quantitative estimate of drug-likeness (QED) is 0.460. The Morgan fingerprint density at radius 3 is 2.92 bits per heavy atom. The van der Waals surface area contributed by atoms with Crippen LogP contribution in [-0.2, 0) is 17.8 Å². The van der Waals surface area contributed by atoms with Crippen molar-refractivity contribution in [2.75, 3.05) is 7.11 Å². The van der Waals surface area contributed by atoms with E-state index in [2.05, 4.69) is 11.9 Å².